The Morgan fingerprint density at radius 1 is 1.23 bits per heavy atom. The lowest BCUT2D eigenvalue weighted by molar-refractivity contribution is 0.0957. The number of aliphatic hydroxyl groups is 1. The number of nitrogens with one attached hydrogen (secondary N) is 3. The molecule has 1 atom stereocenters. The smallest absolute Gasteiger partial charge is 0.261 e. The van der Waals surface area contributed by atoms with E-state index in [9.17, 15) is 4.79 Å². The lowest BCUT2D eigenvalue weighted by atomic mass is 10.0. The van der Waals surface area contributed by atoms with E-state index < -0.39 is 0 Å². The molecule has 6 nitrogen and oxygen atoms in total. The fourth-order valence-corrected chi connectivity index (χ4v) is 3.11. The van der Waals surface area contributed by atoms with Crippen LogP contribution in [0.2, 0.25) is 0 Å². The highest BCUT2D eigenvalue weighted by Gasteiger charge is 2.07. The SMILES string of the molecule is CCCC(CCO)CN=C(NCC)NCCCNC(=O)c1cccs1.I. The summed E-state index contributed by atoms with van der Waals surface area (Å²) in [5, 5.41) is 20.5. The van der Waals surface area contributed by atoms with E-state index in [4.69, 9.17) is 5.11 Å². The molecule has 0 aliphatic carbocycles. The van der Waals surface area contributed by atoms with E-state index in [1.54, 1.807) is 0 Å². The van der Waals surface area contributed by atoms with E-state index in [1.807, 2.05) is 24.4 Å². The number of aliphatic imine (C=N–C) groups is 1. The highest BCUT2D eigenvalue weighted by molar-refractivity contribution is 14.0. The summed E-state index contributed by atoms with van der Waals surface area (Å²) >= 11 is 1.45. The van der Waals surface area contributed by atoms with E-state index >= 15 is 0 Å². The van der Waals surface area contributed by atoms with Crippen molar-refractivity contribution >= 4 is 47.2 Å². The number of guanidine groups is 1. The van der Waals surface area contributed by atoms with Gasteiger partial charge in [0.1, 0.15) is 0 Å². The normalized spacial score (nSPS) is 12.2. The van der Waals surface area contributed by atoms with Gasteiger partial charge in [0.25, 0.3) is 5.91 Å². The summed E-state index contributed by atoms with van der Waals surface area (Å²) in [7, 11) is 0. The van der Waals surface area contributed by atoms with Crippen molar-refractivity contribution in [3.63, 3.8) is 0 Å². The molecule has 1 rings (SSSR count). The van der Waals surface area contributed by atoms with Gasteiger partial charge in [0.05, 0.1) is 4.88 Å². The molecule has 1 aromatic rings. The molecule has 0 aliphatic rings. The molecule has 150 valence electrons. The Balaban J connectivity index is 0.00000625. The van der Waals surface area contributed by atoms with Crippen molar-refractivity contribution in [1.82, 2.24) is 16.0 Å². The zero-order valence-electron chi connectivity index (χ0n) is 15.8. The van der Waals surface area contributed by atoms with Crippen LogP contribution in [0.4, 0.5) is 0 Å². The Morgan fingerprint density at radius 3 is 2.62 bits per heavy atom. The number of halogens is 1. The minimum Gasteiger partial charge on any atom is -0.396 e. The quantitative estimate of drug-likeness (QED) is 0.155. The van der Waals surface area contributed by atoms with Crippen molar-refractivity contribution in [2.45, 2.75) is 39.5 Å². The van der Waals surface area contributed by atoms with Crippen LogP contribution in [0.25, 0.3) is 0 Å². The standard InChI is InChI=1S/C18H32N4O2S.HI/c1-3-7-15(9-12-23)14-22-18(19-4-2)21-11-6-10-20-17(24)16-8-5-13-25-16;/h5,8,13,15,23H,3-4,6-7,9-12,14H2,1-2H3,(H,20,24)(H2,19,21,22);1H. The first kappa shape index (κ1) is 25.1. The van der Waals surface area contributed by atoms with Crippen molar-refractivity contribution in [2.24, 2.45) is 10.9 Å². The van der Waals surface area contributed by atoms with Crippen molar-refractivity contribution in [1.29, 1.82) is 0 Å². The number of thiophene rings is 1. The summed E-state index contributed by atoms with van der Waals surface area (Å²) in [6.45, 7) is 7.31. The second-order valence-electron chi connectivity index (χ2n) is 5.90. The lowest BCUT2D eigenvalue weighted by Gasteiger charge is -2.15. The summed E-state index contributed by atoms with van der Waals surface area (Å²) in [6, 6.07) is 3.70. The Labute approximate surface area is 178 Å². The third kappa shape index (κ3) is 11.0. The molecule has 1 aromatic heterocycles. The number of amides is 1. The molecule has 1 amide bonds. The van der Waals surface area contributed by atoms with E-state index in [1.165, 1.54) is 11.3 Å². The number of hydrogen-bond donors (Lipinski definition) is 4. The van der Waals surface area contributed by atoms with E-state index in [0.717, 1.165) is 56.2 Å². The summed E-state index contributed by atoms with van der Waals surface area (Å²) < 4.78 is 0. The van der Waals surface area contributed by atoms with Crippen molar-refractivity contribution in [2.75, 3.05) is 32.8 Å². The van der Waals surface area contributed by atoms with Crippen LogP contribution in [0.5, 0.6) is 0 Å². The fourth-order valence-electron chi connectivity index (χ4n) is 2.47. The van der Waals surface area contributed by atoms with Crippen molar-refractivity contribution < 1.29 is 9.90 Å². The minimum absolute atomic E-state index is 0. The minimum atomic E-state index is -0.0121. The first-order valence-electron chi connectivity index (χ1n) is 9.15. The van der Waals surface area contributed by atoms with Gasteiger partial charge in [-0.05, 0) is 43.6 Å². The van der Waals surface area contributed by atoms with Gasteiger partial charge in [-0.1, -0.05) is 19.4 Å². The Bertz CT molecular complexity index is 491. The number of nitrogens with zero attached hydrogens (tertiary/aromatic N) is 1. The fraction of sp³-hybridized carbons (Fsp3) is 0.667. The summed E-state index contributed by atoms with van der Waals surface area (Å²) in [5.74, 6) is 1.21. The molecule has 0 aliphatic heterocycles. The third-order valence-electron chi connectivity index (χ3n) is 3.76. The van der Waals surface area contributed by atoms with Gasteiger partial charge in [0.15, 0.2) is 5.96 Å². The number of carbonyl (C=O) groups excluding carboxylic acids is 1. The van der Waals surface area contributed by atoms with Crippen LogP contribution in [0.1, 0.15) is 49.2 Å². The molecule has 0 aromatic carbocycles. The predicted octanol–water partition coefficient (Wildman–Crippen LogP) is 2.84. The van der Waals surface area contributed by atoms with Crippen LogP contribution in [0.3, 0.4) is 0 Å². The largest absolute Gasteiger partial charge is 0.396 e. The maximum Gasteiger partial charge on any atom is 0.261 e. The molecule has 4 N–H and O–H groups in total. The van der Waals surface area contributed by atoms with Crippen LogP contribution in [-0.2, 0) is 0 Å². The first-order chi connectivity index (χ1) is 12.2. The van der Waals surface area contributed by atoms with Crippen molar-refractivity contribution in [3.8, 4) is 0 Å². The monoisotopic (exact) mass is 496 g/mol. The first-order valence-corrected chi connectivity index (χ1v) is 10.0. The molecular weight excluding hydrogens is 463 g/mol. The average Bonchev–Trinajstić information content (AvgIpc) is 3.14. The van der Waals surface area contributed by atoms with Gasteiger partial charge in [-0.25, -0.2) is 0 Å². The molecule has 8 heteroatoms. The van der Waals surface area contributed by atoms with E-state index in [0.29, 0.717) is 12.5 Å². The molecule has 1 unspecified atom stereocenters. The van der Waals surface area contributed by atoms with Crippen LogP contribution in [0, 0.1) is 5.92 Å². The molecule has 0 saturated heterocycles. The summed E-state index contributed by atoms with van der Waals surface area (Å²) in [4.78, 5) is 17.2. The van der Waals surface area contributed by atoms with Gasteiger partial charge >= 0.3 is 0 Å². The highest BCUT2D eigenvalue weighted by atomic mass is 127. The van der Waals surface area contributed by atoms with Gasteiger partial charge in [-0.3, -0.25) is 9.79 Å². The van der Waals surface area contributed by atoms with Crippen LogP contribution in [0.15, 0.2) is 22.5 Å². The third-order valence-corrected chi connectivity index (χ3v) is 4.63. The van der Waals surface area contributed by atoms with Gasteiger partial charge < -0.3 is 21.1 Å². The molecule has 0 fully saturated rings. The Morgan fingerprint density at radius 2 is 2.00 bits per heavy atom. The number of hydrogen-bond acceptors (Lipinski definition) is 4. The topological polar surface area (TPSA) is 85.8 Å². The second-order valence-corrected chi connectivity index (χ2v) is 6.85. The molecule has 1 heterocycles. The summed E-state index contributed by atoms with van der Waals surface area (Å²) in [6.07, 6.45) is 3.81. The van der Waals surface area contributed by atoms with Crippen LogP contribution < -0.4 is 16.0 Å². The molecule has 0 radical (unpaired) electrons. The number of rotatable bonds is 12. The van der Waals surface area contributed by atoms with E-state index in [-0.39, 0.29) is 36.5 Å². The van der Waals surface area contributed by atoms with Gasteiger partial charge in [-0.2, -0.15) is 0 Å². The van der Waals surface area contributed by atoms with Crippen LogP contribution in [-0.4, -0.2) is 49.8 Å². The highest BCUT2D eigenvalue weighted by Crippen LogP contribution is 2.11. The number of aliphatic hydroxyl groups excluding tert-OH is 1. The molecule has 0 bridgehead atoms. The number of carbonyl (C=O) groups is 1. The zero-order valence-corrected chi connectivity index (χ0v) is 18.9. The molecule has 0 spiro atoms. The van der Waals surface area contributed by atoms with Gasteiger partial charge in [0.2, 0.25) is 0 Å². The molecule has 0 saturated carbocycles. The molecular formula is C18H33IN4O2S. The maximum absolute atomic E-state index is 11.8. The Hall–Kier alpha value is -0.870. The second kappa shape index (κ2) is 16.3. The van der Waals surface area contributed by atoms with Gasteiger partial charge in [-0.15, -0.1) is 35.3 Å². The average molecular weight is 496 g/mol. The lowest BCUT2D eigenvalue weighted by Crippen LogP contribution is -2.39. The van der Waals surface area contributed by atoms with Crippen LogP contribution >= 0.6 is 35.3 Å². The van der Waals surface area contributed by atoms with Crippen molar-refractivity contribution in [3.05, 3.63) is 22.4 Å². The van der Waals surface area contributed by atoms with E-state index in [2.05, 4.69) is 27.9 Å². The maximum atomic E-state index is 11.8. The predicted molar refractivity (Wildman–Crippen MR) is 121 cm³/mol. The molecule has 26 heavy (non-hydrogen) atoms. The Kier molecular flexibility index (Phi) is 15.8. The summed E-state index contributed by atoms with van der Waals surface area (Å²) in [5.41, 5.74) is 0. The van der Waals surface area contributed by atoms with Gasteiger partial charge in [0, 0.05) is 32.8 Å². The zero-order chi connectivity index (χ0) is 18.3.